The second-order valence-electron chi connectivity index (χ2n) is 7.73. The number of allylic oxidation sites excluding steroid dienone is 2. The summed E-state index contributed by atoms with van der Waals surface area (Å²) in [5.74, 6) is 0. The lowest BCUT2D eigenvalue weighted by molar-refractivity contribution is -0.00232. The topological polar surface area (TPSA) is 9.23 Å². The fraction of sp³-hybridized carbons (Fsp3) is 0.833. The maximum atomic E-state index is 6.15. The van der Waals surface area contributed by atoms with Crippen molar-refractivity contribution in [3.8, 4) is 0 Å². The number of ether oxygens (including phenoxy) is 1. The maximum absolute atomic E-state index is 6.15. The Morgan fingerprint density at radius 2 is 0.880 bits per heavy atom. The van der Waals surface area contributed by atoms with Gasteiger partial charge in [-0.2, -0.15) is 0 Å². The first-order valence-corrected chi connectivity index (χ1v) is 11.1. The van der Waals surface area contributed by atoms with Crippen molar-refractivity contribution in [1.82, 2.24) is 0 Å². The first-order chi connectivity index (χ1) is 12.2. The highest BCUT2D eigenvalue weighted by molar-refractivity contribution is 4.66. The van der Waals surface area contributed by atoms with Gasteiger partial charge in [0, 0.05) is 0 Å². The minimum absolute atomic E-state index is 0.426. The molecule has 2 atom stereocenters. The second-order valence-corrected chi connectivity index (χ2v) is 7.73. The minimum atomic E-state index is 0.426. The third-order valence-electron chi connectivity index (χ3n) is 5.00. The van der Waals surface area contributed by atoms with Gasteiger partial charge in [0.15, 0.2) is 0 Å². The van der Waals surface area contributed by atoms with Gasteiger partial charge in [0.05, 0.1) is 12.2 Å². The molecule has 0 aliphatic heterocycles. The molecule has 0 aliphatic rings. The Labute approximate surface area is 159 Å². The van der Waals surface area contributed by atoms with Gasteiger partial charge in [0.2, 0.25) is 0 Å². The van der Waals surface area contributed by atoms with Gasteiger partial charge < -0.3 is 4.74 Å². The Kier molecular flexibility index (Phi) is 19.3. The van der Waals surface area contributed by atoms with Crippen LogP contribution < -0.4 is 0 Å². The third kappa shape index (κ3) is 19.6. The van der Waals surface area contributed by atoms with Crippen LogP contribution in [0.1, 0.15) is 117 Å². The largest absolute Gasteiger partial charge is 0.376 e. The summed E-state index contributed by atoms with van der Waals surface area (Å²) in [4.78, 5) is 0. The number of hydrogen-bond acceptors (Lipinski definition) is 1. The Balaban J connectivity index is 3.33. The predicted octanol–water partition coefficient (Wildman–Crippen LogP) is 8.39. The average Bonchev–Trinajstić information content (AvgIpc) is 2.59. The summed E-state index contributed by atoms with van der Waals surface area (Å²) >= 11 is 0. The van der Waals surface area contributed by atoms with Gasteiger partial charge in [-0.25, -0.2) is 0 Å². The van der Waals surface area contributed by atoms with E-state index in [9.17, 15) is 0 Å². The van der Waals surface area contributed by atoms with Crippen LogP contribution in [0.15, 0.2) is 25.3 Å². The minimum Gasteiger partial charge on any atom is -0.376 e. The highest BCUT2D eigenvalue weighted by Gasteiger charge is 2.08. The standard InChI is InChI=1S/C24H46O/c1-5-7-9-11-13-15-17-19-21-23(3)25-24(4)22-20-18-16-14-12-10-8-6-2/h5-6,23-24H,1-2,7-22H2,3-4H3. The zero-order chi connectivity index (χ0) is 18.6. The van der Waals surface area contributed by atoms with Crippen LogP contribution in [0.4, 0.5) is 0 Å². The first-order valence-electron chi connectivity index (χ1n) is 11.1. The molecule has 0 rings (SSSR count). The van der Waals surface area contributed by atoms with Crippen LogP contribution in [0.5, 0.6) is 0 Å². The quantitative estimate of drug-likeness (QED) is 0.158. The summed E-state index contributed by atoms with van der Waals surface area (Å²) < 4.78 is 6.15. The van der Waals surface area contributed by atoms with Gasteiger partial charge in [0.25, 0.3) is 0 Å². The van der Waals surface area contributed by atoms with Crippen LogP contribution >= 0.6 is 0 Å². The SMILES string of the molecule is C=CCCCCCCCCC(C)OC(C)CCCCCCCCC=C. The molecule has 1 nitrogen and oxygen atoms in total. The summed E-state index contributed by atoms with van der Waals surface area (Å²) in [6, 6.07) is 0. The average molecular weight is 351 g/mol. The molecule has 25 heavy (non-hydrogen) atoms. The van der Waals surface area contributed by atoms with Crippen molar-refractivity contribution in [2.75, 3.05) is 0 Å². The van der Waals surface area contributed by atoms with Gasteiger partial charge in [-0.3, -0.25) is 0 Å². The first kappa shape index (κ1) is 24.4. The molecule has 0 amide bonds. The third-order valence-corrected chi connectivity index (χ3v) is 5.00. The number of rotatable bonds is 20. The van der Waals surface area contributed by atoms with Gasteiger partial charge in [0.1, 0.15) is 0 Å². The molecule has 1 heteroatoms. The molecule has 0 saturated carbocycles. The fourth-order valence-electron chi connectivity index (χ4n) is 3.39. The van der Waals surface area contributed by atoms with E-state index in [1.54, 1.807) is 0 Å². The molecular formula is C24H46O. The van der Waals surface area contributed by atoms with Crippen LogP contribution in [0.25, 0.3) is 0 Å². The van der Waals surface area contributed by atoms with Crippen molar-refractivity contribution in [3.05, 3.63) is 25.3 Å². The Morgan fingerprint density at radius 3 is 1.24 bits per heavy atom. The molecule has 148 valence electrons. The van der Waals surface area contributed by atoms with Crippen LogP contribution in [0, 0.1) is 0 Å². The molecule has 0 spiro atoms. The fourth-order valence-corrected chi connectivity index (χ4v) is 3.39. The normalized spacial score (nSPS) is 13.5. The summed E-state index contributed by atoms with van der Waals surface area (Å²) in [7, 11) is 0. The van der Waals surface area contributed by atoms with E-state index in [1.807, 2.05) is 12.2 Å². The molecule has 0 heterocycles. The summed E-state index contributed by atoms with van der Waals surface area (Å²) in [5.41, 5.74) is 0. The molecule has 0 bridgehead atoms. The van der Waals surface area contributed by atoms with Crippen molar-refractivity contribution < 1.29 is 4.74 Å². The lowest BCUT2D eigenvalue weighted by Crippen LogP contribution is -2.17. The lowest BCUT2D eigenvalue weighted by atomic mass is 10.1. The smallest absolute Gasteiger partial charge is 0.0550 e. The number of hydrogen-bond donors (Lipinski definition) is 0. The molecule has 2 unspecified atom stereocenters. The summed E-state index contributed by atoms with van der Waals surface area (Å²) in [6.45, 7) is 12.1. The Hall–Kier alpha value is -0.560. The Bertz CT molecular complexity index is 256. The van der Waals surface area contributed by atoms with Crippen LogP contribution in [0.2, 0.25) is 0 Å². The van der Waals surface area contributed by atoms with Gasteiger partial charge >= 0.3 is 0 Å². The van der Waals surface area contributed by atoms with Crippen LogP contribution in [-0.4, -0.2) is 12.2 Å². The van der Waals surface area contributed by atoms with E-state index in [1.165, 1.54) is 103 Å². The van der Waals surface area contributed by atoms with E-state index in [0.717, 1.165) is 0 Å². The number of unbranched alkanes of at least 4 members (excludes halogenated alkanes) is 12. The van der Waals surface area contributed by atoms with E-state index in [-0.39, 0.29) is 0 Å². The van der Waals surface area contributed by atoms with Gasteiger partial charge in [-0.05, 0) is 52.4 Å². The van der Waals surface area contributed by atoms with E-state index >= 15 is 0 Å². The van der Waals surface area contributed by atoms with Crippen molar-refractivity contribution in [2.24, 2.45) is 0 Å². The zero-order valence-corrected chi connectivity index (χ0v) is 17.4. The van der Waals surface area contributed by atoms with E-state index in [4.69, 9.17) is 4.74 Å². The molecule has 0 saturated heterocycles. The van der Waals surface area contributed by atoms with Gasteiger partial charge in [-0.15, -0.1) is 13.2 Å². The Morgan fingerprint density at radius 1 is 0.560 bits per heavy atom. The maximum Gasteiger partial charge on any atom is 0.0550 e. The van der Waals surface area contributed by atoms with Crippen molar-refractivity contribution >= 4 is 0 Å². The molecule has 0 aromatic carbocycles. The van der Waals surface area contributed by atoms with Crippen molar-refractivity contribution in [2.45, 2.75) is 129 Å². The van der Waals surface area contributed by atoms with E-state index in [0.29, 0.717) is 12.2 Å². The zero-order valence-electron chi connectivity index (χ0n) is 17.4. The van der Waals surface area contributed by atoms with E-state index < -0.39 is 0 Å². The molecule has 0 aliphatic carbocycles. The van der Waals surface area contributed by atoms with Gasteiger partial charge in [-0.1, -0.05) is 76.4 Å². The predicted molar refractivity (Wildman–Crippen MR) is 114 cm³/mol. The molecule has 0 N–H and O–H groups in total. The molecule has 0 aromatic heterocycles. The molecular weight excluding hydrogens is 304 g/mol. The summed E-state index contributed by atoms with van der Waals surface area (Å²) in [6.07, 6.45) is 26.0. The van der Waals surface area contributed by atoms with Crippen molar-refractivity contribution in [3.63, 3.8) is 0 Å². The van der Waals surface area contributed by atoms with Crippen LogP contribution in [0.3, 0.4) is 0 Å². The lowest BCUT2D eigenvalue weighted by Gasteiger charge is -2.19. The monoisotopic (exact) mass is 350 g/mol. The highest BCUT2D eigenvalue weighted by atomic mass is 16.5. The molecule has 0 radical (unpaired) electrons. The summed E-state index contributed by atoms with van der Waals surface area (Å²) in [5, 5.41) is 0. The molecule has 0 aromatic rings. The molecule has 0 fully saturated rings. The van der Waals surface area contributed by atoms with Crippen LogP contribution in [-0.2, 0) is 4.74 Å². The highest BCUT2D eigenvalue weighted by Crippen LogP contribution is 2.15. The van der Waals surface area contributed by atoms with E-state index in [2.05, 4.69) is 27.0 Å². The second kappa shape index (κ2) is 19.8. The van der Waals surface area contributed by atoms with Crippen molar-refractivity contribution in [1.29, 1.82) is 0 Å².